The van der Waals surface area contributed by atoms with Crippen molar-refractivity contribution in [3.8, 4) is 5.75 Å². The highest BCUT2D eigenvalue weighted by atomic mass is 35.5. The van der Waals surface area contributed by atoms with Crippen molar-refractivity contribution in [1.29, 1.82) is 0 Å². The number of carbonyl (C=O) groups is 1. The summed E-state index contributed by atoms with van der Waals surface area (Å²) in [4.78, 5) is 13.2. The van der Waals surface area contributed by atoms with Gasteiger partial charge in [-0.05, 0) is 37.6 Å². The second-order valence-electron chi connectivity index (χ2n) is 5.02. The predicted molar refractivity (Wildman–Crippen MR) is 96.1 cm³/mol. The van der Waals surface area contributed by atoms with Crippen molar-refractivity contribution in [1.82, 2.24) is 5.32 Å². The van der Waals surface area contributed by atoms with Gasteiger partial charge in [-0.1, -0.05) is 19.8 Å². The lowest BCUT2D eigenvalue weighted by Crippen LogP contribution is -2.43. The highest BCUT2D eigenvalue weighted by Gasteiger charge is 2.17. The van der Waals surface area contributed by atoms with E-state index in [-0.39, 0.29) is 29.6 Å². The third-order valence-corrected chi connectivity index (χ3v) is 4.39. The molecule has 1 amide bonds. The van der Waals surface area contributed by atoms with Gasteiger partial charge >= 0.3 is 0 Å². The average Bonchev–Trinajstić information content (AvgIpc) is 2.51. The lowest BCUT2D eigenvalue weighted by molar-refractivity contribution is -0.121. The van der Waals surface area contributed by atoms with Gasteiger partial charge in [0.2, 0.25) is 5.91 Å². The molecule has 0 aliphatic heterocycles. The number of benzene rings is 1. The molecule has 0 radical (unpaired) electrons. The van der Waals surface area contributed by atoms with Crippen LogP contribution < -0.4 is 15.8 Å². The summed E-state index contributed by atoms with van der Waals surface area (Å²) in [7, 11) is 1.64. The van der Waals surface area contributed by atoms with Crippen molar-refractivity contribution < 1.29 is 9.53 Å². The second kappa shape index (κ2) is 11.6. The van der Waals surface area contributed by atoms with Gasteiger partial charge in [0.1, 0.15) is 5.75 Å². The molecule has 0 bridgehead atoms. The molecule has 0 spiro atoms. The maximum absolute atomic E-state index is 12.2. The summed E-state index contributed by atoms with van der Waals surface area (Å²) in [6.07, 6.45) is 3.14. The second-order valence-corrected chi connectivity index (χ2v) is 6.43. The number of amides is 1. The van der Waals surface area contributed by atoms with Crippen molar-refractivity contribution in [3.05, 3.63) is 24.3 Å². The van der Waals surface area contributed by atoms with Gasteiger partial charge in [-0.3, -0.25) is 4.79 Å². The summed E-state index contributed by atoms with van der Waals surface area (Å²) >= 11 is 1.54. The topological polar surface area (TPSA) is 64.3 Å². The Hall–Kier alpha value is -0.910. The summed E-state index contributed by atoms with van der Waals surface area (Å²) in [5, 5.41) is 2.89. The van der Waals surface area contributed by atoms with E-state index in [0.29, 0.717) is 6.54 Å². The Morgan fingerprint density at radius 2 is 2.00 bits per heavy atom. The van der Waals surface area contributed by atoms with E-state index < -0.39 is 0 Å². The molecule has 6 heteroatoms. The molecule has 1 aromatic carbocycles. The number of carbonyl (C=O) groups excluding carboxylic acids is 1. The molecule has 0 saturated carbocycles. The first-order chi connectivity index (χ1) is 10.1. The molecule has 2 unspecified atom stereocenters. The lowest BCUT2D eigenvalue weighted by Gasteiger charge is -2.19. The Morgan fingerprint density at radius 3 is 2.50 bits per heavy atom. The minimum atomic E-state index is -0.144. The highest BCUT2D eigenvalue weighted by Crippen LogP contribution is 2.25. The molecule has 0 fully saturated rings. The summed E-state index contributed by atoms with van der Waals surface area (Å²) in [5.74, 6) is 0.863. The molecule has 0 heterocycles. The largest absolute Gasteiger partial charge is 0.497 e. The standard InChI is InChI=1S/C16H26N2O2S.ClH/c1-4-5-6-13(11-17)18-16(19)12(2)21-15-9-7-14(20-3)8-10-15;/h7-10,12-13H,4-6,11,17H2,1-3H3,(H,18,19);1H. The van der Waals surface area contributed by atoms with Gasteiger partial charge in [-0.15, -0.1) is 24.2 Å². The number of unbranched alkanes of at least 4 members (excludes halogenated alkanes) is 1. The molecular formula is C16H27ClN2O2S. The van der Waals surface area contributed by atoms with Crippen LogP contribution in [0.1, 0.15) is 33.1 Å². The Kier molecular flexibility index (Phi) is 11.1. The summed E-state index contributed by atoms with van der Waals surface area (Å²) in [5.41, 5.74) is 5.71. The SMILES string of the molecule is CCCCC(CN)NC(=O)C(C)Sc1ccc(OC)cc1.Cl. The molecule has 0 aromatic heterocycles. The van der Waals surface area contributed by atoms with E-state index in [1.807, 2.05) is 31.2 Å². The normalized spacial score (nSPS) is 12.9. The molecule has 1 aromatic rings. The molecule has 1 rings (SSSR count). The molecule has 0 saturated heterocycles. The number of nitrogens with two attached hydrogens (primary N) is 1. The Labute approximate surface area is 144 Å². The molecule has 0 aliphatic carbocycles. The van der Waals surface area contributed by atoms with Crippen molar-refractivity contribution >= 4 is 30.1 Å². The van der Waals surface area contributed by atoms with Crippen LogP contribution in [-0.4, -0.2) is 30.9 Å². The molecule has 2 atom stereocenters. The summed E-state index contributed by atoms with van der Waals surface area (Å²) in [6, 6.07) is 7.81. The number of ether oxygens (including phenoxy) is 1. The Bertz CT molecular complexity index is 429. The third kappa shape index (κ3) is 7.38. The first-order valence-corrected chi connectivity index (χ1v) is 8.29. The van der Waals surface area contributed by atoms with Gasteiger partial charge in [0.25, 0.3) is 0 Å². The van der Waals surface area contributed by atoms with E-state index in [2.05, 4.69) is 12.2 Å². The molecular weight excluding hydrogens is 320 g/mol. The van der Waals surface area contributed by atoms with Crippen LogP contribution in [0, 0.1) is 0 Å². The number of methoxy groups -OCH3 is 1. The minimum Gasteiger partial charge on any atom is -0.497 e. The first kappa shape index (κ1) is 21.1. The molecule has 126 valence electrons. The fourth-order valence-corrected chi connectivity index (χ4v) is 2.81. The van der Waals surface area contributed by atoms with Crippen LogP contribution in [-0.2, 0) is 4.79 Å². The van der Waals surface area contributed by atoms with Crippen molar-refractivity contribution in [2.45, 2.75) is 49.3 Å². The van der Waals surface area contributed by atoms with Crippen LogP contribution in [0.3, 0.4) is 0 Å². The fourth-order valence-electron chi connectivity index (χ4n) is 1.93. The number of hydrogen-bond donors (Lipinski definition) is 2. The smallest absolute Gasteiger partial charge is 0.233 e. The van der Waals surface area contributed by atoms with Crippen LogP contribution in [0.25, 0.3) is 0 Å². The summed E-state index contributed by atoms with van der Waals surface area (Å²) < 4.78 is 5.12. The molecule has 0 aliphatic rings. The maximum Gasteiger partial charge on any atom is 0.233 e. The number of hydrogen-bond acceptors (Lipinski definition) is 4. The van der Waals surface area contributed by atoms with Crippen molar-refractivity contribution in [3.63, 3.8) is 0 Å². The average molecular weight is 347 g/mol. The van der Waals surface area contributed by atoms with Crippen molar-refractivity contribution in [2.75, 3.05) is 13.7 Å². The number of thioether (sulfide) groups is 1. The minimum absolute atomic E-state index is 0. The molecule has 22 heavy (non-hydrogen) atoms. The van der Waals surface area contributed by atoms with Crippen LogP contribution in [0.4, 0.5) is 0 Å². The molecule has 4 nitrogen and oxygen atoms in total. The lowest BCUT2D eigenvalue weighted by atomic mass is 10.1. The van der Waals surface area contributed by atoms with Crippen LogP contribution in [0.15, 0.2) is 29.2 Å². The number of nitrogens with one attached hydrogen (secondary N) is 1. The first-order valence-electron chi connectivity index (χ1n) is 7.41. The zero-order valence-corrected chi connectivity index (χ0v) is 15.1. The van der Waals surface area contributed by atoms with Gasteiger partial charge in [0.15, 0.2) is 0 Å². The van der Waals surface area contributed by atoms with E-state index in [9.17, 15) is 4.79 Å². The summed E-state index contributed by atoms with van der Waals surface area (Å²) in [6.45, 7) is 4.54. The van der Waals surface area contributed by atoms with E-state index >= 15 is 0 Å². The van der Waals surface area contributed by atoms with Gasteiger partial charge in [0.05, 0.1) is 12.4 Å². The van der Waals surface area contributed by atoms with E-state index in [1.165, 1.54) is 11.8 Å². The zero-order valence-electron chi connectivity index (χ0n) is 13.5. The van der Waals surface area contributed by atoms with Crippen LogP contribution in [0.2, 0.25) is 0 Å². The fraction of sp³-hybridized carbons (Fsp3) is 0.562. The predicted octanol–water partition coefficient (Wildman–Crippen LogP) is 3.23. The number of rotatable bonds is 9. The van der Waals surface area contributed by atoms with Gasteiger partial charge < -0.3 is 15.8 Å². The van der Waals surface area contributed by atoms with Gasteiger partial charge in [-0.25, -0.2) is 0 Å². The van der Waals surface area contributed by atoms with Crippen molar-refractivity contribution in [2.24, 2.45) is 5.73 Å². The Balaban J connectivity index is 0.00000441. The number of halogens is 1. The highest BCUT2D eigenvalue weighted by molar-refractivity contribution is 8.00. The maximum atomic E-state index is 12.2. The van der Waals surface area contributed by atoms with E-state index in [4.69, 9.17) is 10.5 Å². The molecule has 3 N–H and O–H groups in total. The third-order valence-electron chi connectivity index (χ3n) is 3.28. The van der Waals surface area contributed by atoms with E-state index in [0.717, 1.165) is 29.9 Å². The van der Waals surface area contributed by atoms with Crippen LogP contribution >= 0.6 is 24.2 Å². The van der Waals surface area contributed by atoms with Gasteiger partial charge in [-0.2, -0.15) is 0 Å². The van der Waals surface area contributed by atoms with Crippen LogP contribution in [0.5, 0.6) is 5.75 Å². The Morgan fingerprint density at radius 1 is 1.36 bits per heavy atom. The monoisotopic (exact) mass is 346 g/mol. The quantitative estimate of drug-likeness (QED) is 0.674. The van der Waals surface area contributed by atoms with E-state index in [1.54, 1.807) is 7.11 Å². The zero-order chi connectivity index (χ0) is 15.7. The van der Waals surface area contributed by atoms with Gasteiger partial charge in [0, 0.05) is 17.5 Å².